The minimum absolute atomic E-state index is 0. The third kappa shape index (κ3) is 8.81. The zero-order chi connectivity index (χ0) is 16.0. The van der Waals surface area contributed by atoms with Crippen LogP contribution in [0.15, 0.2) is 18.3 Å². The van der Waals surface area contributed by atoms with Crippen LogP contribution < -0.4 is 15.4 Å². The molecule has 1 atom stereocenters. The van der Waals surface area contributed by atoms with Crippen molar-refractivity contribution in [2.45, 2.75) is 18.6 Å². The summed E-state index contributed by atoms with van der Waals surface area (Å²) in [4.78, 5) is 15.6. The molecule has 24 heavy (non-hydrogen) atoms. The van der Waals surface area contributed by atoms with Crippen LogP contribution in [-0.4, -0.2) is 47.8 Å². The van der Waals surface area contributed by atoms with Crippen LogP contribution in [0.2, 0.25) is 0 Å². The van der Waals surface area contributed by atoms with E-state index in [0.29, 0.717) is 12.1 Å². The monoisotopic (exact) mass is 407 g/mol. The van der Waals surface area contributed by atoms with Crippen LogP contribution in [0, 0.1) is 0 Å². The number of thioether (sulfide) groups is 1. The smallest absolute Gasteiger partial charge is 0.422 e. The first kappa shape index (κ1) is 23.1. The Hall–Kier alpha value is -0.900. The van der Waals surface area contributed by atoms with Gasteiger partial charge >= 0.3 is 6.18 Å². The summed E-state index contributed by atoms with van der Waals surface area (Å²) < 4.78 is 40.5. The molecule has 1 saturated heterocycles. The summed E-state index contributed by atoms with van der Waals surface area (Å²) in [5.74, 6) is 1.63. The van der Waals surface area contributed by atoms with Gasteiger partial charge in [0.2, 0.25) is 11.8 Å². The lowest BCUT2D eigenvalue weighted by molar-refractivity contribution is -0.154. The number of carbonyl (C=O) groups is 1. The van der Waals surface area contributed by atoms with Gasteiger partial charge in [0.1, 0.15) is 0 Å². The van der Waals surface area contributed by atoms with Gasteiger partial charge in [-0.25, -0.2) is 4.98 Å². The number of nitrogens with zero attached hydrogens (tertiary/aromatic N) is 1. The Kier molecular flexibility index (Phi) is 10.5. The number of ether oxygens (including phenoxy) is 1. The zero-order valence-electron chi connectivity index (χ0n) is 12.5. The molecular weight excluding hydrogens is 390 g/mol. The van der Waals surface area contributed by atoms with Crippen molar-refractivity contribution in [3.8, 4) is 5.88 Å². The average molecular weight is 408 g/mol. The molecule has 0 bridgehead atoms. The van der Waals surface area contributed by atoms with E-state index in [0.717, 1.165) is 18.1 Å². The maximum Gasteiger partial charge on any atom is 0.422 e. The fraction of sp³-hybridized carbons (Fsp3) is 0.538. The molecule has 2 rings (SSSR count). The molecule has 0 saturated carbocycles. The van der Waals surface area contributed by atoms with Crippen LogP contribution in [0.4, 0.5) is 18.9 Å². The third-order valence-electron chi connectivity index (χ3n) is 2.83. The van der Waals surface area contributed by atoms with E-state index in [1.807, 2.05) is 0 Å². The van der Waals surface area contributed by atoms with Crippen molar-refractivity contribution in [2.24, 2.45) is 0 Å². The Bertz CT molecular complexity index is 500. The van der Waals surface area contributed by atoms with Gasteiger partial charge < -0.3 is 15.4 Å². The first-order valence-electron chi connectivity index (χ1n) is 6.69. The molecule has 1 fully saturated rings. The summed E-state index contributed by atoms with van der Waals surface area (Å²) in [6, 6.07) is 2.89. The molecule has 1 aromatic rings. The molecule has 5 nitrogen and oxygen atoms in total. The van der Waals surface area contributed by atoms with Crippen molar-refractivity contribution < 1.29 is 22.7 Å². The second-order valence-corrected chi connectivity index (χ2v) is 5.92. The number of rotatable bonds is 5. The highest BCUT2D eigenvalue weighted by Gasteiger charge is 2.28. The van der Waals surface area contributed by atoms with Crippen molar-refractivity contribution in [3.63, 3.8) is 0 Å². The minimum Gasteiger partial charge on any atom is -0.468 e. The largest absolute Gasteiger partial charge is 0.468 e. The van der Waals surface area contributed by atoms with Crippen LogP contribution in [0.1, 0.15) is 6.42 Å². The van der Waals surface area contributed by atoms with E-state index in [2.05, 4.69) is 20.4 Å². The average Bonchev–Trinajstić information content (AvgIpc) is 2.47. The molecule has 1 unspecified atom stereocenters. The van der Waals surface area contributed by atoms with E-state index in [9.17, 15) is 18.0 Å². The van der Waals surface area contributed by atoms with Crippen LogP contribution in [0.25, 0.3) is 0 Å². The minimum atomic E-state index is -4.40. The normalized spacial score (nSPS) is 17.2. The van der Waals surface area contributed by atoms with Gasteiger partial charge in [-0.2, -0.15) is 24.9 Å². The van der Waals surface area contributed by atoms with E-state index in [1.54, 1.807) is 11.8 Å². The molecule has 1 aliphatic heterocycles. The maximum absolute atomic E-state index is 12.0. The number of halogens is 5. The van der Waals surface area contributed by atoms with Gasteiger partial charge in [-0.1, -0.05) is 0 Å². The van der Waals surface area contributed by atoms with Crippen molar-refractivity contribution in [1.29, 1.82) is 0 Å². The third-order valence-corrected chi connectivity index (χ3v) is 3.96. The van der Waals surface area contributed by atoms with E-state index in [4.69, 9.17) is 0 Å². The van der Waals surface area contributed by atoms with Gasteiger partial charge in [-0.3, -0.25) is 4.79 Å². The Morgan fingerprint density at radius 1 is 1.42 bits per heavy atom. The summed E-state index contributed by atoms with van der Waals surface area (Å²) in [5, 5.41) is 5.91. The Balaban J connectivity index is 0.00000264. The molecular formula is C13H18Cl2F3N3O2S. The van der Waals surface area contributed by atoms with Gasteiger partial charge in [0.25, 0.3) is 0 Å². The fourth-order valence-corrected chi connectivity index (χ4v) is 2.83. The van der Waals surface area contributed by atoms with Crippen molar-refractivity contribution in [1.82, 2.24) is 10.3 Å². The molecule has 2 N–H and O–H groups in total. The van der Waals surface area contributed by atoms with Crippen molar-refractivity contribution in [2.75, 3.05) is 30.0 Å². The highest BCUT2D eigenvalue weighted by molar-refractivity contribution is 7.99. The molecule has 138 valence electrons. The lowest BCUT2D eigenvalue weighted by atomic mass is 10.2. The molecule has 0 aromatic carbocycles. The summed E-state index contributed by atoms with van der Waals surface area (Å²) in [7, 11) is 0. The number of amides is 1. The summed E-state index contributed by atoms with van der Waals surface area (Å²) in [6.07, 6.45) is -2.79. The molecule has 0 spiro atoms. The topological polar surface area (TPSA) is 63.2 Å². The second kappa shape index (κ2) is 10.9. The van der Waals surface area contributed by atoms with Gasteiger partial charge in [-0.15, -0.1) is 24.8 Å². The van der Waals surface area contributed by atoms with E-state index >= 15 is 0 Å². The second-order valence-electron chi connectivity index (χ2n) is 4.77. The number of alkyl halides is 3. The number of hydrogen-bond acceptors (Lipinski definition) is 5. The molecule has 1 amide bonds. The van der Waals surface area contributed by atoms with E-state index < -0.39 is 12.8 Å². The first-order chi connectivity index (χ1) is 10.4. The van der Waals surface area contributed by atoms with Gasteiger partial charge in [0.05, 0.1) is 11.9 Å². The maximum atomic E-state index is 12.0. The Morgan fingerprint density at radius 3 is 2.71 bits per heavy atom. The highest BCUT2D eigenvalue weighted by atomic mass is 35.5. The Morgan fingerprint density at radius 2 is 2.17 bits per heavy atom. The number of pyridine rings is 1. The molecule has 0 radical (unpaired) electrons. The standard InChI is InChI=1S/C13H16F3N3O2S.2ClH/c14-13(15,16)8-21-12-2-1-9(6-18-12)19-11(20)5-10-7-22-4-3-17-10;;/h1-2,6,10,17H,3-5,7-8H2,(H,19,20);2*1H. The molecule has 11 heteroatoms. The quantitative estimate of drug-likeness (QED) is 0.785. The summed E-state index contributed by atoms with van der Waals surface area (Å²) >= 11 is 1.80. The number of anilines is 1. The lowest BCUT2D eigenvalue weighted by Crippen LogP contribution is -2.39. The van der Waals surface area contributed by atoms with Crippen LogP contribution in [0.5, 0.6) is 5.88 Å². The summed E-state index contributed by atoms with van der Waals surface area (Å²) in [5.41, 5.74) is 0.424. The zero-order valence-corrected chi connectivity index (χ0v) is 14.9. The summed E-state index contributed by atoms with van der Waals surface area (Å²) in [6.45, 7) is -0.508. The van der Waals surface area contributed by atoms with Gasteiger partial charge in [0.15, 0.2) is 6.61 Å². The SMILES string of the molecule is Cl.Cl.O=C(CC1CSCCN1)Nc1ccc(OCC(F)(F)F)nc1. The van der Waals surface area contributed by atoms with Gasteiger partial charge in [0, 0.05) is 36.6 Å². The molecule has 1 aliphatic rings. The number of nitrogens with one attached hydrogen (secondary N) is 2. The van der Waals surface area contributed by atoms with Crippen molar-refractivity contribution >= 4 is 48.2 Å². The van der Waals surface area contributed by atoms with Crippen molar-refractivity contribution in [3.05, 3.63) is 18.3 Å². The van der Waals surface area contributed by atoms with E-state index in [-0.39, 0.29) is 42.6 Å². The highest BCUT2D eigenvalue weighted by Crippen LogP contribution is 2.18. The number of aromatic nitrogens is 1. The molecule has 2 heterocycles. The molecule has 0 aliphatic carbocycles. The number of hydrogen-bond donors (Lipinski definition) is 2. The molecule has 1 aromatic heterocycles. The van der Waals surface area contributed by atoms with Crippen LogP contribution in [0.3, 0.4) is 0 Å². The first-order valence-corrected chi connectivity index (χ1v) is 7.84. The van der Waals surface area contributed by atoms with E-state index in [1.165, 1.54) is 18.3 Å². The Labute approximate surface area is 154 Å². The predicted octanol–water partition coefficient (Wildman–Crippen LogP) is 2.90. The van der Waals surface area contributed by atoms with Crippen LogP contribution >= 0.6 is 36.6 Å². The predicted molar refractivity (Wildman–Crippen MR) is 92.6 cm³/mol. The lowest BCUT2D eigenvalue weighted by Gasteiger charge is -2.22. The number of carbonyl (C=O) groups excluding carboxylic acids is 1. The van der Waals surface area contributed by atoms with Crippen LogP contribution in [-0.2, 0) is 4.79 Å². The fourth-order valence-electron chi connectivity index (χ4n) is 1.88. The van der Waals surface area contributed by atoms with Gasteiger partial charge in [-0.05, 0) is 6.07 Å².